The molecule has 1 aliphatic carbocycles. The molecule has 1 aromatic rings. The lowest BCUT2D eigenvalue weighted by Crippen LogP contribution is -2.58. The predicted octanol–water partition coefficient (Wildman–Crippen LogP) is 3.93. The van der Waals surface area contributed by atoms with Gasteiger partial charge in [-0.05, 0) is 45.5 Å². The maximum absolute atomic E-state index is 6.62. The van der Waals surface area contributed by atoms with E-state index in [0.717, 1.165) is 10.8 Å². The fraction of sp³-hybridized carbons (Fsp3) is 0.733. The maximum Gasteiger partial charge on any atom is 0.0931 e. The van der Waals surface area contributed by atoms with Crippen molar-refractivity contribution in [2.24, 2.45) is 5.73 Å². The van der Waals surface area contributed by atoms with Crippen molar-refractivity contribution >= 4 is 22.9 Å². The molecular formula is C15H25ClN2S. The van der Waals surface area contributed by atoms with Crippen LogP contribution in [0.3, 0.4) is 0 Å². The van der Waals surface area contributed by atoms with Crippen LogP contribution in [0.2, 0.25) is 4.34 Å². The molecule has 0 amide bonds. The van der Waals surface area contributed by atoms with Crippen molar-refractivity contribution in [3.8, 4) is 0 Å². The first-order valence-electron chi connectivity index (χ1n) is 7.22. The van der Waals surface area contributed by atoms with E-state index in [4.69, 9.17) is 17.3 Å². The predicted molar refractivity (Wildman–Crippen MR) is 85.1 cm³/mol. The molecule has 1 aliphatic rings. The third-order valence-electron chi connectivity index (χ3n) is 4.60. The van der Waals surface area contributed by atoms with E-state index in [0.29, 0.717) is 0 Å². The molecule has 1 fully saturated rings. The Hall–Kier alpha value is -0.0900. The van der Waals surface area contributed by atoms with Crippen molar-refractivity contribution in [2.75, 3.05) is 14.1 Å². The van der Waals surface area contributed by atoms with Gasteiger partial charge in [0.15, 0.2) is 0 Å². The van der Waals surface area contributed by atoms with Crippen LogP contribution in [-0.4, -0.2) is 30.6 Å². The van der Waals surface area contributed by atoms with Crippen LogP contribution in [-0.2, 0) is 6.42 Å². The van der Waals surface area contributed by atoms with Gasteiger partial charge in [0.2, 0.25) is 0 Å². The van der Waals surface area contributed by atoms with Gasteiger partial charge >= 0.3 is 0 Å². The summed E-state index contributed by atoms with van der Waals surface area (Å²) in [4.78, 5) is 3.68. The maximum atomic E-state index is 6.62. The van der Waals surface area contributed by atoms with Gasteiger partial charge in [0.25, 0.3) is 0 Å². The fourth-order valence-corrected chi connectivity index (χ4v) is 4.50. The van der Waals surface area contributed by atoms with Crippen LogP contribution < -0.4 is 5.73 Å². The number of rotatable bonds is 4. The summed E-state index contributed by atoms with van der Waals surface area (Å²) in [5, 5.41) is 0. The third kappa shape index (κ3) is 3.52. The zero-order valence-electron chi connectivity index (χ0n) is 12.0. The summed E-state index contributed by atoms with van der Waals surface area (Å²) in [7, 11) is 4.37. The highest BCUT2D eigenvalue weighted by Gasteiger charge is 2.39. The fourth-order valence-electron chi connectivity index (χ4n) is 3.36. The minimum atomic E-state index is 0.160. The molecular weight excluding hydrogens is 276 g/mol. The van der Waals surface area contributed by atoms with Crippen LogP contribution in [0.4, 0.5) is 0 Å². The molecule has 1 aromatic heterocycles. The highest BCUT2D eigenvalue weighted by atomic mass is 35.5. The number of hydrogen-bond donors (Lipinski definition) is 1. The first kappa shape index (κ1) is 15.3. The summed E-state index contributed by atoms with van der Waals surface area (Å²) < 4.78 is 0.863. The van der Waals surface area contributed by atoms with Crippen LogP contribution in [0.5, 0.6) is 0 Å². The number of nitrogens with zero attached hydrogens (tertiary/aromatic N) is 1. The van der Waals surface area contributed by atoms with Gasteiger partial charge in [0, 0.05) is 16.5 Å². The number of hydrogen-bond acceptors (Lipinski definition) is 3. The first-order chi connectivity index (χ1) is 9.04. The zero-order valence-corrected chi connectivity index (χ0v) is 13.6. The molecule has 2 rings (SSSR count). The van der Waals surface area contributed by atoms with Gasteiger partial charge in [-0.2, -0.15) is 0 Å². The highest BCUT2D eigenvalue weighted by molar-refractivity contribution is 7.16. The summed E-state index contributed by atoms with van der Waals surface area (Å²) >= 11 is 7.68. The number of halogens is 1. The third-order valence-corrected chi connectivity index (χ3v) is 5.85. The summed E-state index contributed by atoms with van der Waals surface area (Å²) in [6.45, 7) is 0. The molecule has 2 N–H and O–H groups in total. The smallest absolute Gasteiger partial charge is 0.0931 e. The molecule has 2 nitrogen and oxygen atoms in total. The summed E-state index contributed by atoms with van der Waals surface area (Å²) in [5.41, 5.74) is 6.78. The van der Waals surface area contributed by atoms with E-state index < -0.39 is 0 Å². The van der Waals surface area contributed by atoms with Crippen molar-refractivity contribution in [3.05, 3.63) is 21.3 Å². The van der Waals surface area contributed by atoms with E-state index in [9.17, 15) is 0 Å². The monoisotopic (exact) mass is 300 g/mol. The van der Waals surface area contributed by atoms with Crippen molar-refractivity contribution in [3.63, 3.8) is 0 Å². The normalized spacial score (nSPS) is 21.3. The molecule has 1 atom stereocenters. The zero-order chi connectivity index (χ0) is 13.9. The Kier molecular flexibility index (Phi) is 5.29. The van der Waals surface area contributed by atoms with Crippen LogP contribution in [0, 0.1) is 0 Å². The van der Waals surface area contributed by atoms with Gasteiger partial charge in [-0.1, -0.05) is 37.3 Å². The van der Waals surface area contributed by atoms with E-state index in [-0.39, 0.29) is 11.6 Å². The van der Waals surface area contributed by atoms with E-state index in [1.807, 2.05) is 6.07 Å². The lowest BCUT2D eigenvalue weighted by atomic mass is 9.80. The second kappa shape index (κ2) is 6.57. The van der Waals surface area contributed by atoms with E-state index in [2.05, 4.69) is 25.1 Å². The first-order valence-corrected chi connectivity index (χ1v) is 8.41. The van der Waals surface area contributed by atoms with Gasteiger partial charge in [-0.15, -0.1) is 11.3 Å². The summed E-state index contributed by atoms with van der Waals surface area (Å²) in [5.74, 6) is 0. The van der Waals surface area contributed by atoms with Gasteiger partial charge in [-0.25, -0.2) is 0 Å². The Morgan fingerprint density at radius 1 is 1.26 bits per heavy atom. The minimum absolute atomic E-state index is 0.160. The quantitative estimate of drug-likeness (QED) is 0.854. The Morgan fingerprint density at radius 3 is 2.37 bits per heavy atom. The van der Waals surface area contributed by atoms with Gasteiger partial charge in [-0.3, -0.25) is 0 Å². The van der Waals surface area contributed by atoms with Gasteiger partial charge in [0.1, 0.15) is 0 Å². The van der Waals surface area contributed by atoms with Gasteiger partial charge in [0.05, 0.1) is 4.34 Å². The van der Waals surface area contributed by atoms with Crippen LogP contribution in [0.25, 0.3) is 0 Å². The topological polar surface area (TPSA) is 29.3 Å². The van der Waals surface area contributed by atoms with Crippen LogP contribution in [0.1, 0.15) is 43.4 Å². The summed E-state index contributed by atoms with van der Waals surface area (Å²) in [6, 6.07) is 4.28. The molecule has 19 heavy (non-hydrogen) atoms. The molecule has 0 saturated heterocycles. The molecule has 0 aromatic carbocycles. The second-order valence-electron chi connectivity index (χ2n) is 5.93. The second-order valence-corrected chi connectivity index (χ2v) is 7.73. The standard InChI is InChI=1S/C15H25ClN2S/c1-18(2)15(9-5-3-4-6-10-15)13(17)11-12-7-8-14(16)19-12/h7-8,13H,3-6,9-11,17H2,1-2H3. The Bertz CT molecular complexity index is 395. The van der Waals surface area contributed by atoms with Crippen molar-refractivity contribution in [2.45, 2.75) is 56.5 Å². The van der Waals surface area contributed by atoms with Crippen LogP contribution >= 0.6 is 22.9 Å². The minimum Gasteiger partial charge on any atom is -0.326 e. The number of thiophene rings is 1. The lowest BCUT2D eigenvalue weighted by Gasteiger charge is -2.44. The average molecular weight is 301 g/mol. The SMILES string of the molecule is CN(C)C1(C(N)Cc2ccc(Cl)s2)CCCCCC1. The van der Waals surface area contributed by atoms with Crippen molar-refractivity contribution < 1.29 is 0 Å². The van der Waals surface area contributed by atoms with E-state index in [1.165, 1.54) is 43.4 Å². The molecule has 1 saturated carbocycles. The summed E-state index contributed by atoms with van der Waals surface area (Å²) in [6.07, 6.45) is 8.70. The van der Waals surface area contributed by atoms with Crippen LogP contribution in [0.15, 0.2) is 12.1 Å². The average Bonchev–Trinajstić information content (AvgIpc) is 2.65. The Morgan fingerprint density at radius 2 is 1.89 bits per heavy atom. The van der Waals surface area contributed by atoms with Crippen molar-refractivity contribution in [1.29, 1.82) is 0 Å². The molecule has 1 heterocycles. The molecule has 0 aliphatic heterocycles. The molecule has 0 bridgehead atoms. The molecule has 0 spiro atoms. The molecule has 108 valence electrons. The number of likely N-dealkylation sites (N-methyl/N-ethyl adjacent to an activating group) is 1. The Balaban J connectivity index is 2.13. The molecule has 4 heteroatoms. The Labute approximate surface area is 125 Å². The van der Waals surface area contributed by atoms with E-state index >= 15 is 0 Å². The lowest BCUT2D eigenvalue weighted by molar-refractivity contribution is 0.0971. The van der Waals surface area contributed by atoms with Gasteiger partial charge < -0.3 is 10.6 Å². The molecule has 1 unspecified atom stereocenters. The largest absolute Gasteiger partial charge is 0.326 e. The number of nitrogens with two attached hydrogens (primary N) is 1. The van der Waals surface area contributed by atoms with Crippen molar-refractivity contribution in [1.82, 2.24) is 4.90 Å². The molecule has 0 radical (unpaired) electrons. The van der Waals surface area contributed by atoms with E-state index in [1.54, 1.807) is 11.3 Å². The highest BCUT2D eigenvalue weighted by Crippen LogP contribution is 2.35.